The molecular formula is C13H22ClN5O3. The minimum absolute atomic E-state index is 0. The van der Waals surface area contributed by atoms with E-state index < -0.39 is 10.5 Å². The van der Waals surface area contributed by atoms with E-state index in [0.29, 0.717) is 12.5 Å². The van der Waals surface area contributed by atoms with Crippen LogP contribution in [0.3, 0.4) is 0 Å². The molecule has 1 aromatic heterocycles. The summed E-state index contributed by atoms with van der Waals surface area (Å²) in [7, 11) is 0. The van der Waals surface area contributed by atoms with Gasteiger partial charge >= 0.3 is 5.69 Å². The number of nitrogens with one attached hydrogen (secondary N) is 2. The zero-order valence-corrected chi connectivity index (χ0v) is 13.6. The van der Waals surface area contributed by atoms with Crippen LogP contribution in [0, 0.1) is 16.0 Å². The molecule has 0 aromatic carbocycles. The van der Waals surface area contributed by atoms with E-state index in [1.54, 1.807) is 13.8 Å². The Morgan fingerprint density at radius 2 is 2.36 bits per heavy atom. The Kier molecular flexibility index (Phi) is 6.31. The van der Waals surface area contributed by atoms with E-state index in [1.807, 2.05) is 0 Å². The van der Waals surface area contributed by atoms with Crippen molar-refractivity contribution in [3.05, 3.63) is 22.5 Å². The molecule has 1 aliphatic rings. The van der Waals surface area contributed by atoms with Gasteiger partial charge in [0.15, 0.2) is 0 Å². The van der Waals surface area contributed by atoms with Gasteiger partial charge in [-0.05, 0) is 45.7 Å². The first-order chi connectivity index (χ1) is 9.91. The summed E-state index contributed by atoms with van der Waals surface area (Å²) < 4.78 is 1.33. The van der Waals surface area contributed by atoms with Crippen molar-refractivity contribution in [2.24, 2.45) is 5.92 Å². The molecule has 1 fully saturated rings. The SMILES string of the molecule is CC(C)(C(=O)NCCC1CCNC1)n1cc([N+](=O)[O-])cn1.Cl. The summed E-state index contributed by atoms with van der Waals surface area (Å²) in [6.45, 7) is 6.04. The van der Waals surface area contributed by atoms with Crippen LogP contribution in [-0.4, -0.2) is 40.2 Å². The molecule has 2 N–H and O–H groups in total. The number of amides is 1. The normalized spacial score (nSPS) is 17.8. The molecule has 1 amide bonds. The molecule has 1 atom stereocenters. The number of nitro groups is 1. The highest BCUT2D eigenvalue weighted by molar-refractivity contribution is 5.85. The quantitative estimate of drug-likeness (QED) is 0.599. The lowest BCUT2D eigenvalue weighted by molar-refractivity contribution is -0.385. The van der Waals surface area contributed by atoms with E-state index in [1.165, 1.54) is 10.9 Å². The molecule has 0 bridgehead atoms. The van der Waals surface area contributed by atoms with Gasteiger partial charge in [0.1, 0.15) is 17.9 Å². The van der Waals surface area contributed by atoms with Gasteiger partial charge in [0, 0.05) is 6.54 Å². The van der Waals surface area contributed by atoms with Gasteiger partial charge in [-0.2, -0.15) is 5.10 Å². The lowest BCUT2D eigenvalue weighted by Gasteiger charge is -2.24. The molecule has 2 heterocycles. The van der Waals surface area contributed by atoms with Gasteiger partial charge in [0.2, 0.25) is 5.91 Å². The Labute approximate surface area is 135 Å². The second kappa shape index (κ2) is 7.55. The number of nitrogens with zero attached hydrogens (tertiary/aromatic N) is 3. The van der Waals surface area contributed by atoms with Crippen LogP contribution in [0.15, 0.2) is 12.4 Å². The van der Waals surface area contributed by atoms with Crippen molar-refractivity contribution in [3.63, 3.8) is 0 Å². The van der Waals surface area contributed by atoms with Crippen LogP contribution in [0.1, 0.15) is 26.7 Å². The van der Waals surface area contributed by atoms with Crippen LogP contribution >= 0.6 is 12.4 Å². The van der Waals surface area contributed by atoms with Gasteiger partial charge in [-0.3, -0.25) is 19.6 Å². The Bertz CT molecular complexity index is 526. The smallest absolute Gasteiger partial charge is 0.307 e. The van der Waals surface area contributed by atoms with Gasteiger partial charge in [-0.15, -0.1) is 12.4 Å². The standard InChI is InChI=1S/C13H21N5O3.ClH/c1-13(2,17-9-11(8-16-17)18(20)21)12(19)15-6-4-10-3-5-14-7-10;/h8-10,14H,3-7H2,1-2H3,(H,15,19);1H. The summed E-state index contributed by atoms with van der Waals surface area (Å²) in [5.41, 5.74) is -1.07. The molecule has 1 unspecified atom stereocenters. The first-order valence-corrected chi connectivity index (χ1v) is 7.10. The topological polar surface area (TPSA) is 102 Å². The van der Waals surface area contributed by atoms with Crippen molar-refractivity contribution in [2.75, 3.05) is 19.6 Å². The molecule has 1 saturated heterocycles. The maximum absolute atomic E-state index is 12.3. The molecule has 0 aliphatic carbocycles. The number of aromatic nitrogens is 2. The van der Waals surface area contributed by atoms with E-state index in [9.17, 15) is 14.9 Å². The molecule has 124 valence electrons. The lowest BCUT2D eigenvalue weighted by atomic mass is 10.0. The molecule has 1 aliphatic heterocycles. The molecule has 0 saturated carbocycles. The molecule has 2 rings (SSSR count). The van der Waals surface area contributed by atoms with Gasteiger partial charge in [0.25, 0.3) is 0 Å². The molecular weight excluding hydrogens is 310 g/mol. The average Bonchev–Trinajstić information content (AvgIpc) is 3.09. The fraction of sp³-hybridized carbons (Fsp3) is 0.692. The van der Waals surface area contributed by atoms with Gasteiger partial charge < -0.3 is 10.6 Å². The molecule has 0 radical (unpaired) electrons. The maximum Gasteiger partial charge on any atom is 0.307 e. The van der Waals surface area contributed by atoms with E-state index in [0.717, 1.165) is 32.1 Å². The number of hydrogen-bond acceptors (Lipinski definition) is 5. The highest BCUT2D eigenvalue weighted by Gasteiger charge is 2.31. The Morgan fingerprint density at radius 1 is 1.64 bits per heavy atom. The van der Waals surface area contributed by atoms with Crippen molar-refractivity contribution in [1.29, 1.82) is 0 Å². The van der Waals surface area contributed by atoms with Crippen LogP contribution in [-0.2, 0) is 10.3 Å². The van der Waals surface area contributed by atoms with Crippen molar-refractivity contribution in [2.45, 2.75) is 32.2 Å². The first kappa shape index (κ1) is 18.4. The van der Waals surface area contributed by atoms with Crippen LogP contribution in [0.5, 0.6) is 0 Å². The van der Waals surface area contributed by atoms with Gasteiger partial charge in [0.05, 0.1) is 4.92 Å². The maximum atomic E-state index is 12.3. The zero-order valence-electron chi connectivity index (χ0n) is 12.7. The largest absolute Gasteiger partial charge is 0.354 e. The number of carbonyl (C=O) groups excluding carboxylic acids is 1. The average molecular weight is 332 g/mol. The lowest BCUT2D eigenvalue weighted by Crippen LogP contribution is -2.45. The summed E-state index contributed by atoms with van der Waals surface area (Å²) >= 11 is 0. The fourth-order valence-corrected chi connectivity index (χ4v) is 2.38. The summed E-state index contributed by atoms with van der Waals surface area (Å²) in [6.07, 6.45) is 4.51. The Balaban J connectivity index is 0.00000242. The summed E-state index contributed by atoms with van der Waals surface area (Å²) in [5.74, 6) is 0.422. The Hall–Kier alpha value is -1.67. The second-order valence-electron chi connectivity index (χ2n) is 5.86. The molecule has 1 aromatic rings. The number of rotatable bonds is 6. The van der Waals surface area contributed by atoms with Crippen LogP contribution < -0.4 is 10.6 Å². The van der Waals surface area contributed by atoms with Crippen molar-refractivity contribution >= 4 is 24.0 Å². The third-order valence-corrected chi connectivity index (χ3v) is 3.91. The van der Waals surface area contributed by atoms with E-state index in [4.69, 9.17) is 0 Å². The van der Waals surface area contributed by atoms with Gasteiger partial charge in [-0.1, -0.05) is 0 Å². The number of carbonyl (C=O) groups is 1. The first-order valence-electron chi connectivity index (χ1n) is 7.10. The third-order valence-electron chi connectivity index (χ3n) is 3.91. The van der Waals surface area contributed by atoms with E-state index >= 15 is 0 Å². The number of halogens is 1. The highest BCUT2D eigenvalue weighted by atomic mass is 35.5. The van der Waals surface area contributed by atoms with Crippen molar-refractivity contribution in [1.82, 2.24) is 20.4 Å². The van der Waals surface area contributed by atoms with Crippen molar-refractivity contribution < 1.29 is 9.72 Å². The Morgan fingerprint density at radius 3 is 2.91 bits per heavy atom. The van der Waals surface area contributed by atoms with Crippen LogP contribution in [0.2, 0.25) is 0 Å². The zero-order chi connectivity index (χ0) is 15.5. The molecule has 22 heavy (non-hydrogen) atoms. The summed E-state index contributed by atoms with van der Waals surface area (Å²) in [5, 5.41) is 20.8. The second-order valence-corrected chi connectivity index (χ2v) is 5.86. The van der Waals surface area contributed by atoms with Crippen LogP contribution in [0.4, 0.5) is 5.69 Å². The van der Waals surface area contributed by atoms with E-state index in [-0.39, 0.29) is 24.0 Å². The monoisotopic (exact) mass is 331 g/mol. The molecule has 8 nitrogen and oxygen atoms in total. The predicted octanol–water partition coefficient (Wildman–Crippen LogP) is 1.06. The fourth-order valence-electron chi connectivity index (χ4n) is 2.38. The summed E-state index contributed by atoms with van der Waals surface area (Å²) in [6, 6.07) is 0. The van der Waals surface area contributed by atoms with Crippen molar-refractivity contribution in [3.8, 4) is 0 Å². The minimum atomic E-state index is -0.956. The summed E-state index contributed by atoms with van der Waals surface area (Å²) in [4.78, 5) is 22.4. The minimum Gasteiger partial charge on any atom is -0.354 e. The van der Waals surface area contributed by atoms with Crippen LogP contribution in [0.25, 0.3) is 0 Å². The molecule has 0 spiro atoms. The van der Waals surface area contributed by atoms with E-state index in [2.05, 4.69) is 15.7 Å². The molecule has 9 heteroatoms. The number of hydrogen-bond donors (Lipinski definition) is 2. The highest BCUT2D eigenvalue weighted by Crippen LogP contribution is 2.19. The predicted molar refractivity (Wildman–Crippen MR) is 84.1 cm³/mol. The third kappa shape index (κ3) is 4.17. The van der Waals surface area contributed by atoms with Gasteiger partial charge in [-0.25, -0.2) is 0 Å².